The van der Waals surface area contributed by atoms with Gasteiger partial charge in [-0.1, -0.05) is 0 Å². The highest BCUT2D eigenvalue weighted by Gasteiger charge is 2.61. The average molecular weight is 415 g/mol. The lowest BCUT2D eigenvalue weighted by molar-refractivity contribution is -0.120. The van der Waals surface area contributed by atoms with Crippen LogP contribution in [0.15, 0.2) is 35.4 Å². The van der Waals surface area contributed by atoms with Gasteiger partial charge in [0.25, 0.3) is 0 Å². The van der Waals surface area contributed by atoms with E-state index in [0.29, 0.717) is 23.4 Å². The Morgan fingerprint density at radius 2 is 2.00 bits per heavy atom. The number of amides is 1. The highest BCUT2D eigenvalue weighted by Crippen LogP contribution is 2.58. The van der Waals surface area contributed by atoms with Crippen molar-refractivity contribution in [2.24, 2.45) is 5.92 Å². The summed E-state index contributed by atoms with van der Waals surface area (Å²) in [5.74, 6) is 1.76. The van der Waals surface area contributed by atoms with E-state index < -0.39 is 22.5 Å². The summed E-state index contributed by atoms with van der Waals surface area (Å²) in [4.78, 5) is 24.2. The Bertz CT molecular complexity index is 1110. The van der Waals surface area contributed by atoms with Gasteiger partial charge >= 0.3 is 0 Å². The minimum Gasteiger partial charge on any atom is -0.324 e. The van der Waals surface area contributed by atoms with Crippen LogP contribution in [0.5, 0.6) is 0 Å². The van der Waals surface area contributed by atoms with Gasteiger partial charge in [-0.2, -0.15) is 4.98 Å². The van der Waals surface area contributed by atoms with E-state index in [2.05, 4.69) is 26.9 Å². The quantitative estimate of drug-likeness (QED) is 0.752. The molecule has 2 aliphatic carbocycles. The zero-order valence-electron chi connectivity index (χ0n) is 17.1. The van der Waals surface area contributed by atoms with Crippen LogP contribution in [0.4, 0.5) is 17.5 Å². The third-order valence-electron chi connectivity index (χ3n) is 6.21. The molecule has 2 saturated carbocycles. The lowest BCUT2D eigenvalue weighted by Crippen LogP contribution is -2.40. The van der Waals surface area contributed by atoms with Crippen LogP contribution < -0.4 is 14.9 Å². The summed E-state index contributed by atoms with van der Waals surface area (Å²) < 4.78 is 33.1. The van der Waals surface area contributed by atoms with Gasteiger partial charge in [0.15, 0.2) is 0 Å². The summed E-state index contributed by atoms with van der Waals surface area (Å²) in [7, 11) is -4.10. The van der Waals surface area contributed by atoms with Gasteiger partial charge in [-0.3, -0.25) is 9.69 Å². The second-order valence-corrected chi connectivity index (χ2v) is 9.83. The molecule has 2 aromatic rings. The number of fused-ring (bicyclic) bond motifs is 2. The summed E-state index contributed by atoms with van der Waals surface area (Å²) in [6.07, 6.45) is 5.75. The first-order valence-corrected chi connectivity index (χ1v) is 11.2. The van der Waals surface area contributed by atoms with Crippen LogP contribution in [-0.2, 0) is 20.2 Å². The molecule has 1 unspecified atom stereocenters. The predicted molar refractivity (Wildman–Crippen MR) is 109 cm³/mol. The summed E-state index contributed by atoms with van der Waals surface area (Å²) in [5, 5.41) is 3.10. The number of carbonyl (C=O) groups excluding carboxylic acids is 1. The molecule has 2 heterocycles. The zero-order chi connectivity index (χ0) is 21.1. The first-order valence-electron chi connectivity index (χ1n) is 10.4. The number of hydrogen-bond donors (Lipinski definition) is 2. The van der Waals surface area contributed by atoms with Crippen molar-refractivity contribution in [1.29, 1.82) is 0 Å². The molecule has 1 amide bonds. The fourth-order valence-corrected chi connectivity index (χ4v) is 4.76. The van der Waals surface area contributed by atoms with Crippen LogP contribution in [-0.4, -0.2) is 37.4 Å². The second kappa shape index (κ2) is 6.24. The molecule has 2 N–H and O–H groups in total. The Hall–Kier alpha value is -2.52. The molecule has 2 fully saturated rings. The molecule has 152 valence electrons. The van der Waals surface area contributed by atoms with Crippen molar-refractivity contribution in [2.45, 2.75) is 49.0 Å². The number of nitrogens with zero attached hydrogens (tertiary/aromatic N) is 3. The van der Waals surface area contributed by atoms with Gasteiger partial charge in [0.1, 0.15) is 5.82 Å². The van der Waals surface area contributed by atoms with E-state index in [1.165, 1.54) is 12.1 Å². The van der Waals surface area contributed by atoms with Gasteiger partial charge in [0.2, 0.25) is 21.9 Å². The number of sulfonamides is 1. The molecule has 1 aromatic heterocycles. The van der Waals surface area contributed by atoms with E-state index in [1.54, 1.807) is 18.3 Å². The molecular weight excluding hydrogens is 390 g/mol. The Kier molecular flexibility index (Phi) is 3.73. The minimum atomic E-state index is -3.68. The zero-order valence-corrected chi connectivity index (χ0v) is 16.9. The molecule has 9 heteroatoms. The molecule has 1 aromatic carbocycles. The molecule has 0 bridgehead atoms. The largest absolute Gasteiger partial charge is 0.324 e. The van der Waals surface area contributed by atoms with E-state index in [-0.39, 0.29) is 16.8 Å². The summed E-state index contributed by atoms with van der Waals surface area (Å²) >= 11 is 0. The number of aromatic nitrogens is 2. The van der Waals surface area contributed by atoms with E-state index in [9.17, 15) is 13.2 Å². The average Bonchev–Trinajstić information content (AvgIpc) is 3.62. The van der Waals surface area contributed by atoms with Gasteiger partial charge in [-0.25, -0.2) is 18.1 Å². The van der Waals surface area contributed by atoms with Crippen LogP contribution in [0.3, 0.4) is 0 Å². The van der Waals surface area contributed by atoms with Crippen LogP contribution in [0, 0.1) is 5.92 Å². The van der Waals surface area contributed by atoms with Crippen LogP contribution in [0.2, 0.25) is 0 Å². The van der Waals surface area contributed by atoms with Crippen LogP contribution in [0.1, 0.15) is 39.5 Å². The minimum absolute atomic E-state index is 0.0841. The Balaban J connectivity index is 1.42. The number of carbonyl (C=O) groups is 1. The number of nitrogens with one attached hydrogen (secondary N) is 2. The highest BCUT2D eigenvalue weighted by molar-refractivity contribution is 7.89. The monoisotopic (exact) mass is 414 g/mol. The molecule has 1 atom stereocenters. The Morgan fingerprint density at radius 3 is 2.62 bits per heavy atom. The molecule has 29 heavy (non-hydrogen) atoms. The molecule has 0 radical (unpaired) electrons. The molecule has 0 saturated heterocycles. The third-order valence-corrected chi connectivity index (χ3v) is 7.49. The van der Waals surface area contributed by atoms with Crippen LogP contribution in [0.25, 0.3) is 0 Å². The second-order valence-electron chi connectivity index (χ2n) is 8.06. The maximum atomic E-state index is 13.1. The fourth-order valence-electron chi connectivity index (χ4n) is 4.10. The standard InChI is InChI=1S/C20H23N5O3S/c1-12(13-3-4-13)25-17-16(20(9-10-20)18(25)26)11-22-19(24-17)23-14-5-7-15(8-6-14)29(27,28)21-2/h5-8,11-13,21H,3-4,9-10H2,1-2H3,(H,22,23,24)/i2D. The summed E-state index contributed by atoms with van der Waals surface area (Å²) in [6.45, 7) is 2.10. The van der Waals surface area contributed by atoms with Crippen LogP contribution >= 0.6 is 0 Å². The van der Waals surface area contributed by atoms with Crippen molar-refractivity contribution in [2.75, 3.05) is 17.2 Å². The topological polar surface area (TPSA) is 104 Å². The number of rotatable bonds is 6. The summed E-state index contributed by atoms with van der Waals surface area (Å²) in [6, 6.07) is 6.28. The maximum Gasteiger partial charge on any atom is 0.240 e. The lowest BCUT2D eigenvalue weighted by Gasteiger charge is -2.25. The van der Waals surface area contributed by atoms with Gasteiger partial charge in [-0.15, -0.1) is 0 Å². The number of benzene rings is 1. The van der Waals surface area contributed by atoms with Gasteiger partial charge in [0.05, 0.1) is 10.3 Å². The van der Waals surface area contributed by atoms with Gasteiger partial charge in [-0.05, 0) is 69.8 Å². The molecule has 1 spiro atoms. The smallest absolute Gasteiger partial charge is 0.240 e. The van der Waals surface area contributed by atoms with Crippen molar-refractivity contribution in [1.82, 2.24) is 14.7 Å². The molecule has 5 rings (SSSR count). The molecular formula is C20H23N5O3S. The van der Waals surface area contributed by atoms with Crippen molar-refractivity contribution in [3.8, 4) is 0 Å². The maximum absolute atomic E-state index is 13.1. The van der Waals surface area contributed by atoms with Crippen molar-refractivity contribution < 1.29 is 14.6 Å². The van der Waals surface area contributed by atoms with E-state index in [0.717, 1.165) is 31.2 Å². The van der Waals surface area contributed by atoms with E-state index in [4.69, 9.17) is 1.37 Å². The van der Waals surface area contributed by atoms with E-state index >= 15 is 0 Å². The first kappa shape index (κ1) is 17.3. The van der Waals surface area contributed by atoms with Gasteiger partial charge in [0, 0.05) is 24.9 Å². The third kappa shape index (κ3) is 2.91. The first-order chi connectivity index (χ1) is 14.4. The highest BCUT2D eigenvalue weighted by atomic mass is 32.2. The predicted octanol–water partition coefficient (Wildman–Crippen LogP) is 2.31. The molecule has 1 aliphatic heterocycles. The fraction of sp³-hybridized carbons (Fsp3) is 0.450. The molecule has 8 nitrogen and oxygen atoms in total. The van der Waals surface area contributed by atoms with Crippen molar-refractivity contribution in [3.05, 3.63) is 36.0 Å². The number of anilines is 3. The number of hydrogen-bond acceptors (Lipinski definition) is 6. The van der Waals surface area contributed by atoms with E-state index in [1.807, 2.05) is 4.90 Å². The Labute approximate surface area is 171 Å². The normalized spacial score (nSPS) is 21.1. The lowest BCUT2D eigenvalue weighted by atomic mass is 10.0. The molecule has 3 aliphatic rings. The van der Waals surface area contributed by atoms with Crippen molar-refractivity contribution >= 4 is 33.4 Å². The summed E-state index contributed by atoms with van der Waals surface area (Å²) in [5.41, 5.74) is 1.14. The Morgan fingerprint density at radius 1 is 1.28 bits per heavy atom. The van der Waals surface area contributed by atoms with Crippen molar-refractivity contribution in [3.63, 3.8) is 0 Å². The SMILES string of the molecule is [2H]CNS(=O)(=O)c1ccc(Nc2ncc3c(n2)N(C(C)C2CC2)C(=O)C32CC2)cc1. The van der Waals surface area contributed by atoms with Gasteiger partial charge < -0.3 is 5.32 Å².